The Labute approximate surface area is 114 Å². The summed E-state index contributed by atoms with van der Waals surface area (Å²) in [6, 6.07) is 0. The summed E-state index contributed by atoms with van der Waals surface area (Å²) < 4.78 is 10.8. The maximum Gasteiger partial charge on any atom is 0.237 e. The van der Waals surface area contributed by atoms with Gasteiger partial charge in [-0.05, 0) is 25.3 Å². The van der Waals surface area contributed by atoms with Crippen molar-refractivity contribution in [1.29, 1.82) is 0 Å². The number of rotatable bonds is 5. The topological polar surface area (TPSA) is 56.3 Å². The molecule has 0 bridgehead atoms. The molecule has 1 aromatic rings. The average molecular weight is 274 g/mol. The van der Waals surface area contributed by atoms with Gasteiger partial charge in [0.15, 0.2) is 0 Å². The summed E-state index contributed by atoms with van der Waals surface area (Å²) in [7, 11) is 1.60. The largest absolute Gasteiger partial charge is 0.480 e. The van der Waals surface area contributed by atoms with Crippen molar-refractivity contribution < 1.29 is 9.47 Å². The minimum Gasteiger partial charge on any atom is -0.480 e. The fourth-order valence-corrected chi connectivity index (χ4v) is 2.01. The molecule has 1 fully saturated rings. The molecule has 1 unspecified atom stereocenters. The van der Waals surface area contributed by atoms with Gasteiger partial charge in [-0.15, -0.1) is 12.4 Å². The van der Waals surface area contributed by atoms with Crippen LogP contribution >= 0.6 is 12.4 Å². The predicted molar refractivity (Wildman–Crippen MR) is 71.1 cm³/mol. The summed E-state index contributed by atoms with van der Waals surface area (Å²) in [6.07, 6.45) is 5.75. The van der Waals surface area contributed by atoms with Crippen LogP contribution in [0.25, 0.3) is 0 Å². The van der Waals surface area contributed by atoms with Gasteiger partial charge in [-0.1, -0.05) is 0 Å². The number of ether oxygens (including phenoxy) is 2. The van der Waals surface area contributed by atoms with Gasteiger partial charge >= 0.3 is 0 Å². The Morgan fingerprint density at radius 1 is 1.39 bits per heavy atom. The maximum atomic E-state index is 5.68. The highest BCUT2D eigenvalue weighted by molar-refractivity contribution is 5.85. The number of hydrogen-bond acceptors (Lipinski definition) is 5. The van der Waals surface area contributed by atoms with Gasteiger partial charge in [-0.25, -0.2) is 4.98 Å². The second kappa shape index (κ2) is 8.24. The molecule has 0 aliphatic carbocycles. The van der Waals surface area contributed by atoms with Crippen molar-refractivity contribution in [1.82, 2.24) is 15.3 Å². The van der Waals surface area contributed by atoms with Gasteiger partial charge < -0.3 is 14.8 Å². The highest BCUT2D eigenvalue weighted by Crippen LogP contribution is 2.14. The van der Waals surface area contributed by atoms with Crippen LogP contribution in [0.15, 0.2) is 12.4 Å². The van der Waals surface area contributed by atoms with E-state index in [0.717, 1.165) is 25.4 Å². The lowest BCUT2D eigenvalue weighted by Gasteiger charge is -2.22. The second-order valence-electron chi connectivity index (χ2n) is 4.24. The molecule has 1 aromatic heterocycles. The highest BCUT2D eigenvalue weighted by atomic mass is 35.5. The van der Waals surface area contributed by atoms with Crippen LogP contribution in [0.3, 0.4) is 0 Å². The molecular formula is C12H20ClN3O2. The molecule has 0 aromatic carbocycles. The zero-order valence-corrected chi connectivity index (χ0v) is 11.4. The van der Waals surface area contributed by atoms with Gasteiger partial charge in [-0.3, -0.25) is 4.98 Å². The van der Waals surface area contributed by atoms with E-state index in [-0.39, 0.29) is 12.4 Å². The van der Waals surface area contributed by atoms with Crippen molar-refractivity contribution in [3.8, 4) is 5.88 Å². The Bertz CT molecular complexity index is 346. The normalized spacial score (nSPS) is 19.1. The Kier molecular flexibility index (Phi) is 6.93. The molecular weight excluding hydrogens is 254 g/mol. The van der Waals surface area contributed by atoms with Crippen LogP contribution in [0.4, 0.5) is 0 Å². The van der Waals surface area contributed by atoms with Gasteiger partial charge in [0, 0.05) is 18.9 Å². The van der Waals surface area contributed by atoms with Crippen LogP contribution in [0.2, 0.25) is 0 Å². The fraction of sp³-hybridized carbons (Fsp3) is 0.667. The molecule has 0 spiro atoms. The van der Waals surface area contributed by atoms with Crippen molar-refractivity contribution in [2.24, 2.45) is 5.92 Å². The van der Waals surface area contributed by atoms with Crippen molar-refractivity contribution in [2.75, 3.05) is 26.8 Å². The van der Waals surface area contributed by atoms with Crippen molar-refractivity contribution in [2.45, 2.75) is 19.4 Å². The number of halogens is 1. The summed E-state index contributed by atoms with van der Waals surface area (Å²) in [4.78, 5) is 8.29. The first kappa shape index (κ1) is 15.1. The quantitative estimate of drug-likeness (QED) is 0.879. The Hall–Kier alpha value is -0.910. The van der Waals surface area contributed by atoms with E-state index >= 15 is 0 Å². The van der Waals surface area contributed by atoms with Crippen LogP contribution in [0.1, 0.15) is 18.5 Å². The summed E-state index contributed by atoms with van der Waals surface area (Å²) in [5.74, 6) is 1.17. The fourth-order valence-electron chi connectivity index (χ4n) is 2.01. The van der Waals surface area contributed by atoms with E-state index in [4.69, 9.17) is 9.47 Å². The Morgan fingerprint density at radius 3 is 2.94 bits per heavy atom. The van der Waals surface area contributed by atoms with Crippen molar-refractivity contribution in [3.05, 3.63) is 18.1 Å². The molecule has 6 heteroatoms. The van der Waals surface area contributed by atoms with Gasteiger partial charge in [0.1, 0.15) is 5.69 Å². The molecule has 0 radical (unpaired) electrons. The van der Waals surface area contributed by atoms with E-state index in [2.05, 4.69) is 15.3 Å². The van der Waals surface area contributed by atoms with Crippen LogP contribution < -0.4 is 10.1 Å². The molecule has 0 amide bonds. The predicted octanol–water partition coefficient (Wildman–Crippen LogP) is 1.42. The van der Waals surface area contributed by atoms with E-state index in [9.17, 15) is 0 Å². The van der Waals surface area contributed by atoms with E-state index in [0.29, 0.717) is 18.4 Å². The molecule has 1 saturated heterocycles. The standard InChI is InChI=1S/C12H19N3O2.ClH/c1-16-12-11(14-5-6-15-12)9-17-8-10-3-2-4-13-7-10;/h5-6,10,13H,2-4,7-9H2,1H3;1H. The number of piperidine rings is 1. The number of aromatic nitrogens is 2. The zero-order valence-electron chi connectivity index (χ0n) is 10.6. The number of nitrogens with one attached hydrogen (secondary N) is 1. The second-order valence-corrected chi connectivity index (χ2v) is 4.24. The lowest BCUT2D eigenvalue weighted by molar-refractivity contribution is 0.0746. The third-order valence-electron chi connectivity index (χ3n) is 2.92. The molecule has 2 rings (SSSR count). The molecule has 0 saturated carbocycles. The molecule has 1 aliphatic rings. The first-order valence-electron chi connectivity index (χ1n) is 6.02. The van der Waals surface area contributed by atoms with Crippen LogP contribution in [-0.2, 0) is 11.3 Å². The number of hydrogen-bond donors (Lipinski definition) is 1. The summed E-state index contributed by atoms with van der Waals surface area (Å²) in [5, 5.41) is 3.37. The van der Waals surface area contributed by atoms with E-state index in [1.54, 1.807) is 19.5 Å². The molecule has 1 atom stereocenters. The third kappa shape index (κ3) is 4.40. The molecule has 18 heavy (non-hydrogen) atoms. The number of nitrogens with zero attached hydrogens (tertiary/aromatic N) is 2. The van der Waals surface area contributed by atoms with E-state index in [1.807, 2.05) is 0 Å². The SMILES string of the molecule is COc1nccnc1COCC1CCCNC1.Cl. The van der Waals surface area contributed by atoms with Crippen LogP contribution in [0.5, 0.6) is 5.88 Å². The smallest absolute Gasteiger partial charge is 0.237 e. The molecule has 1 aliphatic heterocycles. The van der Waals surface area contributed by atoms with Crippen molar-refractivity contribution >= 4 is 12.4 Å². The number of methoxy groups -OCH3 is 1. The minimum atomic E-state index is 0. The van der Waals surface area contributed by atoms with Crippen LogP contribution in [-0.4, -0.2) is 36.8 Å². The zero-order chi connectivity index (χ0) is 11.9. The Morgan fingerprint density at radius 2 is 2.22 bits per heavy atom. The Balaban J connectivity index is 0.00000162. The van der Waals surface area contributed by atoms with Gasteiger partial charge in [0.25, 0.3) is 0 Å². The monoisotopic (exact) mass is 273 g/mol. The lowest BCUT2D eigenvalue weighted by atomic mass is 10.0. The minimum absolute atomic E-state index is 0. The first-order chi connectivity index (χ1) is 8.40. The van der Waals surface area contributed by atoms with Gasteiger partial charge in [-0.2, -0.15) is 0 Å². The van der Waals surface area contributed by atoms with E-state index < -0.39 is 0 Å². The summed E-state index contributed by atoms with van der Waals surface area (Å²) in [6.45, 7) is 3.42. The highest BCUT2D eigenvalue weighted by Gasteiger charge is 2.13. The lowest BCUT2D eigenvalue weighted by Crippen LogP contribution is -2.32. The van der Waals surface area contributed by atoms with E-state index in [1.165, 1.54) is 12.8 Å². The molecule has 5 nitrogen and oxygen atoms in total. The maximum absolute atomic E-state index is 5.68. The average Bonchev–Trinajstić information content (AvgIpc) is 2.40. The molecule has 2 heterocycles. The summed E-state index contributed by atoms with van der Waals surface area (Å²) in [5.41, 5.74) is 0.763. The molecule has 1 N–H and O–H groups in total. The van der Waals surface area contributed by atoms with Gasteiger partial charge in [0.2, 0.25) is 5.88 Å². The third-order valence-corrected chi connectivity index (χ3v) is 2.92. The van der Waals surface area contributed by atoms with Crippen molar-refractivity contribution in [3.63, 3.8) is 0 Å². The molecule has 102 valence electrons. The van der Waals surface area contributed by atoms with Crippen LogP contribution in [0, 0.1) is 5.92 Å². The first-order valence-corrected chi connectivity index (χ1v) is 6.02. The van der Waals surface area contributed by atoms with Gasteiger partial charge in [0.05, 0.1) is 20.3 Å². The summed E-state index contributed by atoms with van der Waals surface area (Å²) >= 11 is 0.